The van der Waals surface area contributed by atoms with Crippen molar-refractivity contribution in [2.75, 3.05) is 31.7 Å². The van der Waals surface area contributed by atoms with Gasteiger partial charge in [0.25, 0.3) is 5.91 Å². The van der Waals surface area contributed by atoms with E-state index in [4.69, 9.17) is 14.2 Å². The van der Waals surface area contributed by atoms with E-state index in [1.165, 1.54) is 11.3 Å². The molecule has 2 heterocycles. The minimum absolute atomic E-state index is 0.228. The summed E-state index contributed by atoms with van der Waals surface area (Å²) in [5.74, 6) is -0.700. The van der Waals surface area contributed by atoms with E-state index in [9.17, 15) is 9.59 Å². The van der Waals surface area contributed by atoms with Gasteiger partial charge < -0.3 is 19.5 Å². The molecular formula is C15H21NO5S. The molecule has 1 aliphatic heterocycles. The monoisotopic (exact) mass is 327 g/mol. The molecule has 1 N–H and O–H groups in total. The maximum absolute atomic E-state index is 12.2. The van der Waals surface area contributed by atoms with Crippen LogP contribution in [0, 0.1) is 6.92 Å². The zero-order valence-corrected chi connectivity index (χ0v) is 13.9. The molecule has 0 spiro atoms. The lowest BCUT2D eigenvalue weighted by Crippen LogP contribution is -2.39. The molecule has 1 aromatic heterocycles. The van der Waals surface area contributed by atoms with Gasteiger partial charge in [-0.1, -0.05) is 6.92 Å². The van der Waals surface area contributed by atoms with E-state index in [1.54, 1.807) is 6.92 Å². The fourth-order valence-electron chi connectivity index (χ4n) is 2.34. The van der Waals surface area contributed by atoms with Gasteiger partial charge in [0.1, 0.15) is 5.00 Å². The van der Waals surface area contributed by atoms with Gasteiger partial charge in [0.15, 0.2) is 6.10 Å². The number of anilines is 1. The first kappa shape index (κ1) is 16.9. The summed E-state index contributed by atoms with van der Waals surface area (Å²) >= 11 is 1.38. The molecule has 6 nitrogen and oxygen atoms in total. The van der Waals surface area contributed by atoms with Crippen LogP contribution >= 0.6 is 11.3 Å². The van der Waals surface area contributed by atoms with Crippen LogP contribution in [0.2, 0.25) is 0 Å². The van der Waals surface area contributed by atoms with Crippen LogP contribution in [0.4, 0.5) is 5.00 Å². The number of carbonyl (C=O) groups excluding carboxylic acids is 2. The first-order chi connectivity index (χ1) is 10.6. The minimum Gasteiger partial charge on any atom is -0.462 e. The van der Waals surface area contributed by atoms with Crippen LogP contribution < -0.4 is 5.32 Å². The molecule has 0 unspecified atom stereocenters. The Morgan fingerprint density at radius 2 is 2.14 bits per heavy atom. The predicted octanol–water partition coefficient (Wildman–Crippen LogP) is 2.15. The maximum atomic E-state index is 12.2. The second-order valence-corrected chi connectivity index (χ2v) is 6.06. The van der Waals surface area contributed by atoms with Crippen LogP contribution in [0.25, 0.3) is 0 Å². The standard InChI is InChI=1S/C15H21NO5S/c1-4-10-9(3)22-14(12(10)15(18)20-5-2)16-13(17)11-8-19-6-7-21-11/h11H,4-8H2,1-3H3,(H,16,17)/t11-/m0/s1. The van der Waals surface area contributed by atoms with Crippen LogP contribution in [-0.2, 0) is 25.4 Å². The average Bonchev–Trinajstić information content (AvgIpc) is 2.83. The van der Waals surface area contributed by atoms with Gasteiger partial charge in [-0.15, -0.1) is 11.3 Å². The van der Waals surface area contributed by atoms with Crippen molar-refractivity contribution in [2.45, 2.75) is 33.3 Å². The van der Waals surface area contributed by atoms with Gasteiger partial charge in [-0.05, 0) is 25.8 Å². The van der Waals surface area contributed by atoms with E-state index in [0.717, 1.165) is 10.4 Å². The topological polar surface area (TPSA) is 73.9 Å². The molecule has 1 atom stereocenters. The number of aryl methyl sites for hydroxylation is 1. The SMILES string of the molecule is CCOC(=O)c1c(NC(=O)[C@@H]2COCCO2)sc(C)c1CC. The summed E-state index contributed by atoms with van der Waals surface area (Å²) in [6.07, 6.45) is 0.0614. The first-order valence-corrected chi connectivity index (χ1v) is 8.19. The maximum Gasteiger partial charge on any atom is 0.341 e. The second-order valence-electron chi connectivity index (χ2n) is 4.84. The van der Waals surface area contributed by atoms with E-state index in [0.29, 0.717) is 36.8 Å². The molecule has 2 rings (SSSR count). The summed E-state index contributed by atoms with van der Waals surface area (Å²) < 4.78 is 15.7. The van der Waals surface area contributed by atoms with Gasteiger partial charge in [0.05, 0.1) is 32.0 Å². The smallest absolute Gasteiger partial charge is 0.341 e. The lowest BCUT2D eigenvalue weighted by molar-refractivity contribution is -0.142. The highest BCUT2D eigenvalue weighted by atomic mass is 32.1. The van der Waals surface area contributed by atoms with Gasteiger partial charge in [0, 0.05) is 4.88 Å². The zero-order chi connectivity index (χ0) is 16.1. The summed E-state index contributed by atoms with van der Waals surface area (Å²) in [5.41, 5.74) is 1.37. The molecular weight excluding hydrogens is 306 g/mol. The summed E-state index contributed by atoms with van der Waals surface area (Å²) in [7, 11) is 0. The number of esters is 1. The number of hydrogen-bond acceptors (Lipinski definition) is 6. The number of amides is 1. The molecule has 0 saturated carbocycles. The Morgan fingerprint density at radius 3 is 2.73 bits per heavy atom. The van der Waals surface area contributed by atoms with E-state index in [-0.39, 0.29) is 12.5 Å². The first-order valence-electron chi connectivity index (χ1n) is 7.38. The third-order valence-corrected chi connectivity index (χ3v) is 4.45. The number of carbonyl (C=O) groups is 2. The molecule has 22 heavy (non-hydrogen) atoms. The highest BCUT2D eigenvalue weighted by Gasteiger charge is 2.27. The zero-order valence-electron chi connectivity index (χ0n) is 13.1. The summed E-state index contributed by atoms with van der Waals surface area (Å²) in [6.45, 7) is 7.08. The highest BCUT2D eigenvalue weighted by Crippen LogP contribution is 2.34. The molecule has 1 aliphatic rings. The Morgan fingerprint density at radius 1 is 1.36 bits per heavy atom. The average molecular weight is 327 g/mol. The van der Waals surface area contributed by atoms with E-state index in [1.807, 2.05) is 13.8 Å². The molecule has 0 bridgehead atoms. The van der Waals surface area contributed by atoms with Crippen LogP contribution in [0.5, 0.6) is 0 Å². The Kier molecular flexibility index (Phi) is 5.93. The Balaban J connectivity index is 2.22. The fraction of sp³-hybridized carbons (Fsp3) is 0.600. The minimum atomic E-state index is -0.642. The molecule has 1 saturated heterocycles. The van der Waals surface area contributed by atoms with Crippen LogP contribution in [0.1, 0.15) is 34.6 Å². The van der Waals surface area contributed by atoms with Crippen molar-refractivity contribution in [3.05, 3.63) is 16.0 Å². The molecule has 0 radical (unpaired) electrons. The third-order valence-electron chi connectivity index (χ3n) is 3.39. The van der Waals surface area contributed by atoms with Crippen molar-refractivity contribution in [3.8, 4) is 0 Å². The van der Waals surface area contributed by atoms with Crippen molar-refractivity contribution in [1.82, 2.24) is 0 Å². The van der Waals surface area contributed by atoms with Crippen LogP contribution in [0.3, 0.4) is 0 Å². The lowest BCUT2D eigenvalue weighted by Gasteiger charge is -2.21. The largest absolute Gasteiger partial charge is 0.462 e. The van der Waals surface area contributed by atoms with Crippen molar-refractivity contribution in [2.24, 2.45) is 0 Å². The number of ether oxygens (including phenoxy) is 3. The molecule has 1 amide bonds. The normalized spacial score (nSPS) is 18.0. The van der Waals surface area contributed by atoms with E-state index in [2.05, 4.69) is 5.32 Å². The molecule has 1 aromatic rings. The van der Waals surface area contributed by atoms with E-state index >= 15 is 0 Å². The molecule has 7 heteroatoms. The van der Waals surface area contributed by atoms with Crippen LogP contribution in [0.15, 0.2) is 0 Å². The van der Waals surface area contributed by atoms with Crippen LogP contribution in [-0.4, -0.2) is 44.4 Å². The number of hydrogen-bond donors (Lipinski definition) is 1. The van der Waals surface area contributed by atoms with Crippen molar-refractivity contribution >= 4 is 28.2 Å². The molecule has 1 fully saturated rings. The lowest BCUT2D eigenvalue weighted by atomic mass is 10.1. The third kappa shape index (κ3) is 3.66. The van der Waals surface area contributed by atoms with Gasteiger partial charge >= 0.3 is 5.97 Å². The number of thiophene rings is 1. The highest BCUT2D eigenvalue weighted by molar-refractivity contribution is 7.16. The van der Waals surface area contributed by atoms with E-state index < -0.39 is 12.1 Å². The van der Waals surface area contributed by atoms with Gasteiger partial charge in [-0.25, -0.2) is 4.79 Å². The number of nitrogens with one attached hydrogen (secondary N) is 1. The molecule has 0 aromatic carbocycles. The molecule has 122 valence electrons. The number of rotatable bonds is 5. The Bertz CT molecular complexity index is 548. The Labute approximate surface area is 133 Å². The van der Waals surface area contributed by atoms with Crippen molar-refractivity contribution < 1.29 is 23.8 Å². The van der Waals surface area contributed by atoms with Crippen molar-refractivity contribution in [1.29, 1.82) is 0 Å². The fourth-order valence-corrected chi connectivity index (χ4v) is 3.48. The quantitative estimate of drug-likeness (QED) is 0.839. The Hall–Kier alpha value is -1.44. The summed E-state index contributed by atoms with van der Waals surface area (Å²) in [6, 6.07) is 0. The van der Waals surface area contributed by atoms with Crippen molar-refractivity contribution in [3.63, 3.8) is 0 Å². The summed E-state index contributed by atoms with van der Waals surface area (Å²) in [4.78, 5) is 25.4. The molecule has 0 aliphatic carbocycles. The van der Waals surface area contributed by atoms with Gasteiger partial charge in [-0.3, -0.25) is 4.79 Å². The summed E-state index contributed by atoms with van der Waals surface area (Å²) in [5, 5.41) is 3.31. The predicted molar refractivity (Wildman–Crippen MR) is 83.6 cm³/mol. The van der Waals surface area contributed by atoms with Gasteiger partial charge in [-0.2, -0.15) is 0 Å². The second kappa shape index (κ2) is 7.71. The van der Waals surface area contributed by atoms with Gasteiger partial charge in [0.2, 0.25) is 0 Å².